The van der Waals surface area contributed by atoms with Crippen LogP contribution in [0.2, 0.25) is 0 Å². The minimum atomic E-state index is -0.376. The lowest BCUT2D eigenvalue weighted by Crippen LogP contribution is -2.25. The number of thioether (sulfide) groups is 1. The van der Waals surface area contributed by atoms with Crippen molar-refractivity contribution in [2.24, 2.45) is 0 Å². The van der Waals surface area contributed by atoms with Gasteiger partial charge in [-0.1, -0.05) is 36.0 Å². The molecule has 0 aliphatic heterocycles. The molecule has 0 saturated heterocycles. The molecule has 2 N–H and O–H groups in total. The summed E-state index contributed by atoms with van der Waals surface area (Å²) < 4.78 is 20.3. The second-order valence-corrected chi connectivity index (χ2v) is 9.12. The van der Waals surface area contributed by atoms with E-state index in [9.17, 15) is 14.0 Å². The Balaban J connectivity index is 1.55. The zero-order chi connectivity index (χ0) is 26.4. The number of aromatic nitrogens is 3. The van der Waals surface area contributed by atoms with E-state index in [0.29, 0.717) is 28.0 Å². The van der Waals surface area contributed by atoms with Gasteiger partial charge in [-0.05, 0) is 67.4 Å². The summed E-state index contributed by atoms with van der Waals surface area (Å²) in [6, 6.07) is 18.4. The molecule has 4 aromatic rings. The fourth-order valence-corrected chi connectivity index (χ4v) is 4.44. The lowest BCUT2D eigenvalue weighted by molar-refractivity contribution is -0.113. The van der Waals surface area contributed by atoms with Gasteiger partial charge in [0.05, 0.1) is 30.7 Å². The van der Waals surface area contributed by atoms with Crippen LogP contribution in [0.1, 0.15) is 27.3 Å². The summed E-state index contributed by atoms with van der Waals surface area (Å²) in [5.74, 6) is 0.102. The Morgan fingerprint density at radius 1 is 1.00 bits per heavy atom. The molecule has 0 unspecified atom stereocenters. The number of rotatable bonds is 9. The smallest absolute Gasteiger partial charge is 0.255 e. The highest BCUT2D eigenvalue weighted by atomic mass is 32.2. The SMILES string of the molecule is COc1ccccc1C(=O)NCc1nnc(SCC(=O)Nc2ccc(F)cc2)n1-c1cccc(C)c1C. The molecule has 8 nitrogen and oxygen atoms in total. The van der Waals surface area contributed by atoms with E-state index >= 15 is 0 Å². The second kappa shape index (κ2) is 11.7. The third kappa shape index (κ3) is 6.15. The maximum Gasteiger partial charge on any atom is 0.255 e. The fourth-order valence-electron chi connectivity index (χ4n) is 3.68. The van der Waals surface area contributed by atoms with E-state index < -0.39 is 0 Å². The summed E-state index contributed by atoms with van der Waals surface area (Å²) in [4.78, 5) is 25.4. The number of ether oxygens (including phenoxy) is 1. The van der Waals surface area contributed by atoms with Crippen molar-refractivity contribution < 1.29 is 18.7 Å². The number of hydrogen-bond acceptors (Lipinski definition) is 6. The van der Waals surface area contributed by atoms with Gasteiger partial charge < -0.3 is 15.4 Å². The van der Waals surface area contributed by atoms with Gasteiger partial charge in [-0.3, -0.25) is 14.2 Å². The average Bonchev–Trinajstić information content (AvgIpc) is 3.31. The van der Waals surface area contributed by atoms with Crippen LogP contribution in [0.15, 0.2) is 71.9 Å². The predicted octanol–water partition coefficient (Wildman–Crippen LogP) is 4.69. The van der Waals surface area contributed by atoms with Crippen molar-refractivity contribution in [3.05, 3.63) is 95.1 Å². The van der Waals surface area contributed by atoms with Crippen LogP contribution in [0.5, 0.6) is 5.75 Å². The molecule has 0 radical (unpaired) electrons. The summed E-state index contributed by atoms with van der Waals surface area (Å²) in [5.41, 5.74) is 3.88. The van der Waals surface area contributed by atoms with Crippen LogP contribution < -0.4 is 15.4 Å². The molecule has 0 bridgehead atoms. The zero-order valence-electron chi connectivity index (χ0n) is 20.6. The highest BCUT2D eigenvalue weighted by molar-refractivity contribution is 7.99. The summed E-state index contributed by atoms with van der Waals surface area (Å²) in [6.07, 6.45) is 0. The molecule has 1 aromatic heterocycles. The lowest BCUT2D eigenvalue weighted by atomic mass is 10.1. The quantitative estimate of drug-likeness (QED) is 0.311. The predicted molar refractivity (Wildman–Crippen MR) is 141 cm³/mol. The summed E-state index contributed by atoms with van der Waals surface area (Å²) >= 11 is 1.22. The molecule has 0 aliphatic carbocycles. The number of amides is 2. The molecule has 0 atom stereocenters. The van der Waals surface area contributed by atoms with Gasteiger partial charge in [0.25, 0.3) is 5.91 Å². The Kier molecular flexibility index (Phi) is 8.19. The molecule has 190 valence electrons. The van der Waals surface area contributed by atoms with E-state index in [1.54, 1.807) is 24.3 Å². The molecule has 37 heavy (non-hydrogen) atoms. The fraction of sp³-hybridized carbons (Fsp3) is 0.185. The Labute approximate surface area is 218 Å². The Morgan fingerprint density at radius 2 is 1.76 bits per heavy atom. The molecule has 10 heteroatoms. The van der Waals surface area contributed by atoms with Crippen molar-refractivity contribution in [2.75, 3.05) is 18.2 Å². The molecule has 1 heterocycles. The average molecular weight is 520 g/mol. The number of benzene rings is 3. The second-order valence-electron chi connectivity index (χ2n) is 8.18. The number of halogens is 1. The van der Waals surface area contributed by atoms with Crippen LogP contribution in [-0.4, -0.2) is 39.4 Å². The number of carbonyl (C=O) groups excluding carboxylic acids is 2. The highest BCUT2D eigenvalue weighted by Gasteiger charge is 2.19. The highest BCUT2D eigenvalue weighted by Crippen LogP contribution is 2.26. The van der Waals surface area contributed by atoms with E-state index in [2.05, 4.69) is 20.8 Å². The van der Waals surface area contributed by atoms with E-state index in [-0.39, 0.29) is 29.9 Å². The largest absolute Gasteiger partial charge is 0.496 e. The van der Waals surface area contributed by atoms with Crippen LogP contribution in [0.4, 0.5) is 10.1 Å². The molecule has 3 aromatic carbocycles. The van der Waals surface area contributed by atoms with Gasteiger partial charge in [-0.2, -0.15) is 0 Å². The van der Waals surface area contributed by atoms with Crippen molar-refractivity contribution in [3.63, 3.8) is 0 Å². The van der Waals surface area contributed by atoms with E-state index in [1.165, 1.54) is 43.1 Å². The third-order valence-electron chi connectivity index (χ3n) is 5.74. The molecule has 0 spiro atoms. The van der Waals surface area contributed by atoms with Crippen LogP contribution in [0.3, 0.4) is 0 Å². The zero-order valence-corrected chi connectivity index (χ0v) is 21.4. The van der Waals surface area contributed by atoms with Gasteiger partial charge >= 0.3 is 0 Å². The van der Waals surface area contributed by atoms with Crippen molar-refractivity contribution >= 4 is 29.3 Å². The number of hydrogen-bond donors (Lipinski definition) is 2. The minimum absolute atomic E-state index is 0.0634. The Hall–Kier alpha value is -4.18. The minimum Gasteiger partial charge on any atom is -0.496 e. The van der Waals surface area contributed by atoms with Crippen LogP contribution >= 0.6 is 11.8 Å². The van der Waals surface area contributed by atoms with Gasteiger partial charge in [0.2, 0.25) is 5.91 Å². The summed E-state index contributed by atoms with van der Waals surface area (Å²) in [5, 5.41) is 14.8. The van der Waals surface area contributed by atoms with Gasteiger partial charge in [-0.25, -0.2) is 4.39 Å². The van der Waals surface area contributed by atoms with Crippen molar-refractivity contribution in [1.29, 1.82) is 0 Å². The number of methoxy groups -OCH3 is 1. The van der Waals surface area contributed by atoms with E-state index in [1.807, 2.05) is 36.6 Å². The summed E-state index contributed by atoms with van der Waals surface area (Å²) in [7, 11) is 1.51. The molecule has 0 saturated carbocycles. The van der Waals surface area contributed by atoms with Crippen LogP contribution in [-0.2, 0) is 11.3 Å². The first-order chi connectivity index (χ1) is 17.9. The first kappa shape index (κ1) is 25.9. The molecule has 4 rings (SSSR count). The molecule has 0 fully saturated rings. The number of anilines is 1. The standard InChI is InChI=1S/C27H26FN5O3S/c1-17-7-6-9-22(18(17)2)33-24(15-29-26(35)21-8-4-5-10-23(21)36-3)31-32-27(33)37-16-25(34)30-20-13-11-19(28)12-14-20/h4-14H,15-16H2,1-3H3,(H,29,35)(H,30,34). The maximum atomic E-state index is 13.1. The van der Waals surface area contributed by atoms with Gasteiger partial charge in [0.1, 0.15) is 11.6 Å². The lowest BCUT2D eigenvalue weighted by Gasteiger charge is -2.15. The Bertz CT molecular complexity index is 1420. The topological polar surface area (TPSA) is 98.1 Å². The van der Waals surface area contributed by atoms with Gasteiger partial charge in [0.15, 0.2) is 11.0 Å². The van der Waals surface area contributed by atoms with Gasteiger partial charge in [-0.15, -0.1) is 10.2 Å². The first-order valence-electron chi connectivity index (χ1n) is 11.5. The normalized spacial score (nSPS) is 10.7. The molecular weight excluding hydrogens is 493 g/mol. The van der Waals surface area contributed by atoms with Crippen molar-refractivity contribution in [1.82, 2.24) is 20.1 Å². The number of carbonyl (C=O) groups is 2. The number of para-hydroxylation sites is 1. The number of aryl methyl sites for hydroxylation is 1. The third-order valence-corrected chi connectivity index (χ3v) is 6.67. The molecular formula is C27H26FN5O3S. The monoisotopic (exact) mass is 519 g/mol. The molecule has 0 aliphatic rings. The number of nitrogens with zero attached hydrogens (tertiary/aromatic N) is 3. The van der Waals surface area contributed by atoms with E-state index in [4.69, 9.17) is 4.74 Å². The summed E-state index contributed by atoms with van der Waals surface area (Å²) in [6.45, 7) is 4.12. The van der Waals surface area contributed by atoms with Crippen molar-refractivity contribution in [3.8, 4) is 11.4 Å². The van der Waals surface area contributed by atoms with E-state index in [0.717, 1.165) is 16.8 Å². The maximum absolute atomic E-state index is 13.1. The van der Waals surface area contributed by atoms with Crippen molar-refractivity contribution in [2.45, 2.75) is 25.5 Å². The number of nitrogens with one attached hydrogen (secondary N) is 2. The van der Waals surface area contributed by atoms with Gasteiger partial charge in [0, 0.05) is 5.69 Å². The van der Waals surface area contributed by atoms with Crippen LogP contribution in [0.25, 0.3) is 5.69 Å². The molecule has 2 amide bonds. The van der Waals surface area contributed by atoms with Crippen LogP contribution in [0, 0.1) is 19.7 Å². The first-order valence-corrected chi connectivity index (χ1v) is 12.5. The Morgan fingerprint density at radius 3 is 2.51 bits per heavy atom.